The van der Waals surface area contributed by atoms with Crippen molar-refractivity contribution < 1.29 is 4.21 Å². The summed E-state index contributed by atoms with van der Waals surface area (Å²) in [6, 6.07) is 7.46. The summed E-state index contributed by atoms with van der Waals surface area (Å²) in [4.78, 5) is 0.827. The lowest BCUT2D eigenvalue weighted by Gasteiger charge is -2.06. The zero-order valence-corrected chi connectivity index (χ0v) is 10.3. The third kappa shape index (κ3) is 4.60. The Labute approximate surface area is 99.4 Å². The van der Waals surface area contributed by atoms with Crippen LogP contribution in [0, 0.1) is 6.92 Å². The fourth-order valence-electron chi connectivity index (χ4n) is 1.03. The van der Waals surface area contributed by atoms with Crippen LogP contribution in [0.4, 0.5) is 0 Å². The molecule has 0 fully saturated rings. The van der Waals surface area contributed by atoms with Crippen molar-refractivity contribution in [3.63, 3.8) is 0 Å². The largest absolute Gasteiger partial charge is 0.324 e. The minimum absolute atomic E-state index is 0. The first kappa shape index (κ1) is 14.4. The van der Waals surface area contributed by atoms with E-state index in [1.54, 1.807) is 6.08 Å². The maximum Gasteiger partial charge on any atom is 0.0548 e. The van der Waals surface area contributed by atoms with Crippen LogP contribution in [-0.4, -0.2) is 16.0 Å². The molecule has 0 unspecified atom stereocenters. The molecule has 2 atom stereocenters. The number of hydrogen-bond acceptors (Lipinski definition) is 2. The Balaban J connectivity index is 0.00000196. The fraction of sp³-hybridized carbons (Fsp3) is 0.273. The highest BCUT2D eigenvalue weighted by molar-refractivity contribution is 7.85. The van der Waals surface area contributed by atoms with Gasteiger partial charge in [0, 0.05) is 16.7 Å². The second-order valence-corrected chi connectivity index (χ2v) is 4.72. The van der Waals surface area contributed by atoms with Crippen LogP contribution < -0.4 is 5.73 Å². The second kappa shape index (κ2) is 6.77. The molecule has 15 heavy (non-hydrogen) atoms. The van der Waals surface area contributed by atoms with Crippen molar-refractivity contribution in [1.29, 1.82) is 0 Å². The smallest absolute Gasteiger partial charge is 0.0548 e. The van der Waals surface area contributed by atoms with Crippen LogP contribution in [0.25, 0.3) is 0 Å². The highest BCUT2D eigenvalue weighted by Crippen LogP contribution is 2.08. The van der Waals surface area contributed by atoms with E-state index in [1.807, 2.05) is 31.2 Å². The Morgan fingerprint density at radius 1 is 1.47 bits per heavy atom. The Hall–Kier alpha value is -0.640. The molecule has 0 radical (unpaired) electrons. The minimum atomic E-state index is -1.02. The summed E-state index contributed by atoms with van der Waals surface area (Å²) in [5, 5.41) is 0. The maximum absolute atomic E-state index is 11.7. The van der Waals surface area contributed by atoms with Crippen LogP contribution in [0.15, 0.2) is 41.8 Å². The van der Waals surface area contributed by atoms with Gasteiger partial charge in [-0.2, -0.15) is 0 Å². The molecule has 2 N–H and O–H groups in total. The van der Waals surface area contributed by atoms with E-state index in [-0.39, 0.29) is 18.4 Å². The number of rotatable bonds is 4. The molecule has 1 rings (SSSR count). The molecule has 0 aliphatic rings. The molecule has 0 aliphatic carbocycles. The van der Waals surface area contributed by atoms with E-state index in [2.05, 4.69) is 6.58 Å². The van der Waals surface area contributed by atoms with Gasteiger partial charge in [-0.1, -0.05) is 23.8 Å². The van der Waals surface area contributed by atoms with Gasteiger partial charge in [-0.25, -0.2) is 0 Å². The zero-order valence-electron chi connectivity index (χ0n) is 8.68. The maximum atomic E-state index is 11.7. The van der Waals surface area contributed by atoms with Gasteiger partial charge in [0.15, 0.2) is 0 Å². The summed E-state index contributed by atoms with van der Waals surface area (Å²) < 4.78 is 11.7. The summed E-state index contributed by atoms with van der Waals surface area (Å²) >= 11 is 0. The zero-order chi connectivity index (χ0) is 10.6. The average Bonchev–Trinajstić information content (AvgIpc) is 2.18. The number of benzene rings is 1. The van der Waals surface area contributed by atoms with Crippen molar-refractivity contribution >= 4 is 23.2 Å². The van der Waals surface area contributed by atoms with Gasteiger partial charge in [0.2, 0.25) is 0 Å². The van der Waals surface area contributed by atoms with E-state index in [1.165, 1.54) is 5.56 Å². The standard InChI is InChI=1S/C11H15NOS.ClH/c1-3-10(12)8-14(13)11-6-4-9(2)5-7-11;/h3-7,10H,1,8,12H2,2H3;1H/t10-,14+;/m1./s1. The SMILES string of the molecule is C=C[C@@H](N)C[S@](=O)c1ccc(C)cc1.Cl. The molecule has 0 heterocycles. The van der Waals surface area contributed by atoms with Crippen molar-refractivity contribution in [3.8, 4) is 0 Å². The van der Waals surface area contributed by atoms with E-state index < -0.39 is 10.8 Å². The topological polar surface area (TPSA) is 43.1 Å². The molecule has 0 saturated carbocycles. The molecule has 0 bridgehead atoms. The van der Waals surface area contributed by atoms with Crippen LogP contribution in [-0.2, 0) is 10.8 Å². The summed E-state index contributed by atoms with van der Waals surface area (Å²) in [5.41, 5.74) is 6.80. The summed E-state index contributed by atoms with van der Waals surface area (Å²) in [7, 11) is -1.02. The van der Waals surface area contributed by atoms with Crippen molar-refractivity contribution in [2.45, 2.75) is 17.9 Å². The van der Waals surface area contributed by atoms with Gasteiger partial charge in [0.05, 0.1) is 10.8 Å². The van der Waals surface area contributed by atoms with Crippen molar-refractivity contribution in [3.05, 3.63) is 42.5 Å². The van der Waals surface area contributed by atoms with E-state index in [0.29, 0.717) is 5.75 Å². The molecule has 84 valence electrons. The van der Waals surface area contributed by atoms with Crippen LogP contribution in [0.3, 0.4) is 0 Å². The molecular weight excluding hydrogens is 230 g/mol. The summed E-state index contributed by atoms with van der Waals surface area (Å²) in [5.74, 6) is 0.437. The van der Waals surface area contributed by atoms with Crippen molar-refractivity contribution in [2.24, 2.45) is 5.73 Å². The van der Waals surface area contributed by atoms with Gasteiger partial charge in [0.1, 0.15) is 0 Å². The van der Waals surface area contributed by atoms with Crippen LogP contribution in [0.2, 0.25) is 0 Å². The van der Waals surface area contributed by atoms with Crippen molar-refractivity contribution in [1.82, 2.24) is 0 Å². The molecule has 1 aromatic rings. The molecular formula is C11H16ClNOS. The van der Waals surface area contributed by atoms with Crippen LogP contribution in [0.5, 0.6) is 0 Å². The van der Waals surface area contributed by atoms with Gasteiger partial charge in [0.25, 0.3) is 0 Å². The van der Waals surface area contributed by atoms with Crippen LogP contribution >= 0.6 is 12.4 Å². The summed E-state index contributed by atoms with van der Waals surface area (Å²) in [6.07, 6.45) is 1.62. The van der Waals surface area contributed by atoms with Gasteiger partial charge < -0.3 is 5.73 Å². The first-order valence-corrected chi connectivity index (χ1v) is 5.78. The quantitative estimate of drug-likeness (QED) is 0.825. The highest BCUT2D eigenvalue weighted by atomic mass is 35.5. The number of aryl methyl sites for hydroxylation is 1. The second-order valence-electron chi connectivity index (χ2n) is 3.22. The lowest BCUT2D eigenvalue weighted by Crippen LogP contribution is -2.24. The predicted molar refractivity (Wildman–Crippen MR) is 67.9 cm³/mol. The van der Waals surface area contributed by atoms with Gasteiger partial charge in [-0.3, -0.25) is 4.21 Å². The molecule has 0 saturated heterocycles. The predicted octanol–water partition coefficient (Wildman–Crippen LogP) is 2.04. The lowest BCUT2D eigenvalue weighted by atomic mass is 10.2. The molecule has 0 spiro atoms. The monoisotopic (exact) mass is 245 g/mol. The van der Waals surface area contributed by atoms with E-state index in [0.717, 1.165) is 4.90 Å². The van der Waals surface area contributed by atoms with Crippen molar-refractivity contribution in [2.75, 3.05) is 5.75 Å². The van der Waals surface area contributed by atoms with Crippen LogP contribution in [0.1, 0.15) is 5.56 Å². The normalized spacial score (nSPS) is 13.7. The third-order valence-electron chi connectivity index (χ3n) is 1.93. The van der Waals surface area contributed by atoms with Gasteiger partial charge in [-0.05, 0) is 19.1 Å². The summed E-state index contributed by atoms with van der Waals surface area (Å²) in [6.45, 7) is 5.56. The number of nitrogens with two attached hydrogens (primary N) is 1. The number of halogens is 1. The Morgan fingerprint density at radius 3 is 2.47 bits per heavy atom. The molecule has 4 heteroatoms. The van der Waals surface area contributed by atoms with E-state index >= 15 is 0 Å². The number of hydrogen-bond donors (Lipinski definition) is 1. The van der Waals surface area contributed by atoms with E-state index in [4.69, 9.17) is 5.73 Å². The third-order valence-corrected chi connectivity index (χ3v) is 3.42. The molecule has 1 aromatic carbocycles. The molecule has 0 amide bonds. The molecule has 0 aliphatic heterocycles. The Morgan fingerprint density at radius 2 is 2.00 bits per heavy atom. The molecule has 0 aromatic heterocycles. The first-order chi connectivity index (χ1) is 6.63. The minimum Gasteiger partial charge on any atom is -0.324 e. The Kier molecular flexibility index (Phi) is 6.48. The van der Waals surface area contributed by atoms with Gasteiger partial charge in [-0.15, -0.1) is 19.0 Å². The fourth-order valence-corrected chi connectivity index (χ4v) is 2.15. The van der Waals surface area contributed by atoms with Gasteiger partial charge >= 0.3 is 0 Å². The first-order valence-electron chi connectivity index (χ1n) is 4.46. The average molecular weight is 246 g/mol. The Bertz CT molecular complexity index is 337. The van der Waals surface area contributed by atoms with E-state index in [9.17, 15) is 4.21 Å². The lowest BCUT2D eigenvalue weighted by molar-refractivity contribution is 0.680. The highest BCUT2D eigenvalue weighted by Gasteiger charge is 2.06. The molecule has 2 nitrogen and oxygen atoms in total.